The molecule has 0 bridgehead atoms. The summed E-state index contributed by atoms with van der Waals surface area (Å²) < 4.78 is 5.89. The van der Waals surface area contributed by atoms with Crippen molar-refractivity contribution in [1.29, 1.82) is 0 Å². The SMILES string of the molecule is CC(NC(=O)C(C)N(C)CC1CCCN1c1cccnn1)c1cc2ccccc2o1. The van der Waals surface area contributed by atoms with Crippen molar-refractivity contribution in [2.24, 2.45) is 0 Å². The van der Waals surface area contributed by atoms with Crippen LogP contribution in [0.25, 0.3) is 11.0 Å². The lowest BCUT2D eigenvalue weighted by atomic mass is 10.1. The van der Waals surface area contributed by atoms with Gasteiger partial charge in [0.25, 0.3) is 0 Å². The third kappa shape index (κ3) is 4.31. The van der Waals surface area contributed by atoms with Gasteiger partial charge >= 0.3 is 0 Å². The molecular weight excluding hydrogens is 378 g/mol. The van der Waals surface area contributed by atoms with Crippen LogP contribution in [0.2, 0.25) is 0 Å². The maximum absolute atomic E-state index is 12.9. The van der Waals surface area contributed by atoms with E-state index in [1.54, 1.807) is 6.20 Å². The number of furan rings is 1. The standard InChI is InChI=1S/C23H29N5O2/c1-16(21-14-18-8-4-5-10-20(18)30-21)25-23(29)17(2)27(3)15-19-9-7-13-28(19)22-11-6-12-24-26-22/h4-6,8,10-12,14,16-17,19H,7,9,13,15H2,1-3H3,(H,25,29). The molecule has 3 unspecified atom stereocenters. The topological polar surface area (TPSA) is 74.5 Å². The minimum atomic E-state index is -0.249. The van der Waals surface area contributed by atoms with Crippen LogP contribution in [-0.4, -0.2) is 53.2 Å². The van der Waals surface area contributed by atoms with Crippen molar-refractivity contribution in [3.05, 3.63) is 54.4 Å². The zero-order valence-corrected chi connectivity index (χ0v) is 17.8. The molecule has 4 rings (SSSR count). The molecule has 3 atom stereocenters. The summed E-state index contributed by atoms with van der Waals surface area (Å²) in [6.07, 6.45) is 3.90. The van der Waals surface area contributed by atoms with Gasteiger partial charge in [-0.2, -0.15) is 5.10 Å². The van der Waals surface area contributed by atoms with Gasteiger partial charge in [0.05, 0.1) is 12.1 Å². The highest BCUT2D eigenvalue weighted by Gasteiger charge is 2.30. The fourth-order valence-corrected chi connectivity index (χ4v) is 4.09. The summed E-state index contributed by atoms with van der Waals surface area (Å²) in [7, 11) is 2.00. The molecule has 1 aromatic carbocycles. The van der Waals surface area contributed by atoms with Gasteiger partial charge in [-0.25, -0.2) is 0 Å². The lowest BCUT2D eigenvalue weighted by molar-refractivity contribution is -0.126. The molecule has 0 radical (unpaired) electrons. The second-order valence-electron chi connectivity index (χ2n) is 8.10. The number of anilines is 1. The summed E-state index contributed by atoms with van der Waals surface area (Å²) >= 11 is 0. The maximum Gasteiger partial charge on any atom is 0.237 e. The van der Waals surface area contributed by atoms with Gasteiger partial charge < -0.3 is 14.6 Å². The van der Waals surface area contributed by atoms with E-state index >= 15 is 0 Å². The number of carbonyl (C=O) groups is 1. The van der Waals surface area contributed by atoms with Crippen LogP contribution >= 0.6 is 0 Å². The number of para-hydroxylation sites is 1. The van der Waals surface area contributed by atoms with E-state index in [1.165, 1.54) is 0 Å². The third-order valence-corrected chi connectivity index (χ3v) is 6.00. The Morgan fingerprint density at radius 3 is 2.90 bits per heavy atom. The molecule has 1 aliphatic rings. The largest absolute Gasteiger partial charge is 0.459 e. The molecule has 7 heteroatoms. The number of aromatic nitrogens is 2. The molecule has 2 aromatic heterocycles. The molecule has 30 heavy (non-hydrogen) atoms. The lowest BCUT2D eigenvalue weighted by Gasteiger charge is -2.32. The Morgan fingerprint density at radius 1 is 1.30 bits per heavy atom. The summed E-state index contributed by atoms with van der Waals surface area (Å²) in [4.78, 5) is 17.3. The summed E-state index contributed by atoms with van der Waals surface area (Å²) in [5, 5.41) is 12.4. The molecule has 0 saturated carbocycles. The van der Waals surface area contributed by atoms with E-state index in [9.17, 15) is 4.79 Å². The zero-order valence-electron chi connectivity index (χ0n) is 17.8. The average Bonchev–Trinajstić information content (AvgIpc) is 3.40. The van der Waals surface area contributed by atoms with Crippen molar-refractivity contribution < 1.29 is 9.21 Å². The average molecular weight is 408 g/mol. The van der Waals surface area contributed by atoms with E-state index in [0.717, 1.165) is 48.5 Å². The minimum Gasteiger partial charge on any atom is -0.459 e. The van der Waals surface area contributed by atoms with Gasteiger partial charge in [0.15, 0.2) is 5.82 Å². The van der Waals surface area contributed by atoms with Crippen molar-refractivity contribution >= 4 is 22.7 Å². The molecule has 3 heterocycles. The Balaban J connectivity index is 1.36. The van der Waals surface area contributed by atoms with Crippen molar-refractivity contribution in [3.8, 4) is 0 Å². The molecule has 1 aliphatic heterocycles. The molecule has 1 N–H and O–H groups in total. The fourth-order valence-electron chi connectivity index (χ4n) is 4.09. The number of hydrogen-bond donors (Lipinski definition) is 1. The van der Waals surface area contributed by atoms with Crippen LogP contribution in [0.3, 0.4) is 0 Å². The molecule has 7 nitrogen and oxygen atoms in total. The van der Waals surface area contributed by atoms with Crippen LogP contribution in [0.5, 0.6) is 0 Å². The van der Waals surface area contributed by atoms with Gasteiger partial charge in [-0.05, 0) is 58.0 Å². The van der Waals surface area contributed by atoms with Crippen LogP contribution in [-0.2, 0) is 4.79 Å². The van der Waals surface area contributed by atoms with Crippen molar-refractivity contribution in [2.45, 2.75) is 44.8 Å². The molecule has 0 aliphatic carbocycles. The first-order valence-electron chi connectivity index (χ1n) is 10.6. The normalized spacial score (nSPS) is 18.7. The first-order chi connectivity index (χ1) is 14.5. The predicted octanol–water partition coefficient (Wildman–Crippen LogP) is 3.39. The van der Waals surface area contributed by atoms with E-state index in [4.69, 9.17) is 4.42 Å². The number of nitrogens with zero attached hydrogens (tertiary/aromatic N) is 4. The quantitative estimate of drug-likeness (QED) is 0.647. The maximum atomic E-state index is 12.9. The monoisotopic (exact) mass is 407 g/mol. The molecule has 3 aromatic rings. The molecular formula is C23H29N5O2. The first kappa shape index (κ1) is 20.3. The smallest absolute Gasteiger partial charge is 0.237 e. The van der Waals surface area contributed by atoms with E-state index in [0.29, 0.717) is 6.04 Å². The van der Waals surface area contributed by atoms with Gasteiger partial charge in [0.1, 0.15) is 11.3 Å². The Labute approximate surface area is 177 Å². The van der Waals surface area contributed by atoms with E-state index in [-0.39, 0.29) is 18.0 Å². The van der Waals surface area contributed by atoms with Gasteiger partial charge in [-0.3, -0.25) is 9.69 Å². The summed E-state index contributed by atoms with van der Waals surface area (Å²) in [5.41, 5.74) is 0.837. The highest BCUT2D eigenvalue weighted by atomic mass is 16.3. The number of rotatable bonds is 7. The van der Waals surface area contributed by atoms with Crippen molar-refractivity contribution in [2.75, 3.05) is 25.0 Å². The van der Waals surface area contributed by atoms with Crippen molar-refractivity contribution in [1.82, 2.24) is 20.4 Å². The van der Waals surface area contributed by atoms with Crippen LogP contribution in [0.4, 0.5) is 5.82 Å². The molecule has 0 spiro atoms. The van der Waals surface area contributed by atoms with Crippen molar-refractivity contribution in [3.63, 3.8) is 0 Å². The highest BCUT2D eigenvalue weighted by Crippen LogP contribution is 2.25. The Hall–Kier alpha value is -2.93. The number of hydrogen-bond acceptors (Lipinski definition) is 6. The second kappa shape index (κ2) is 8.83. The molecule has 1 saturated heterocycles. The number of likely N-dealkylation sites (N-methyl/N-ethyl adjacent to an activating group) is 1. The predicted molar refractivity (Wildman–Crippen MR) is 117 cm³/mol. The highest BCUT2D eigenvalue weighted by molar-refractivity contribution is 5.82. The zero-order chi connectivity index (χ0) is 21.1. The Kier molecular flexibility index (Phi) is 5.99. The van der Waals surface area contributed by atoms with Gasteiger partial charge in [0.2, 0.25) is 5.91 Å². The lowest BCUT2D eigenvalue weighted by Crippen LogP contribution is -2.48. The third-order valence-electron chi connectivity index (χ3n) is 6.00. The Bertz CT molecular complexity index is 956. The summed E-state index contributed by atoms with van der Waals surface area (Å²) in [5.74, 6) is 1.67. The van der Waals surface area contributed by atoms with E-state index in [1.807, 2.05) is 63.4 Å². The molecule has 1 fully saturated rings. The second-order valence-corrected chi connectivity index (χ2v) is 8.10. The van der Waals surface area contributed by atoms with Crippen LogP contribution < -0.4 is 10.2 Å². The summed E-state index contributed by atoms with van der Waals surface area (Å²) in [6.45, 7) is 5.67. The number of nitrogens with one attached hydrogen (secondary N) is 1. The van der Waals surface area contributed by atoms with Crippen LogP contribution in [0.15, 0.2) is 53.1 Å². The van der Waals surface area contributed by atoms with Crippen LogP contribution in [0, 0.1) is 0 Å². The Morgan fingerprint density at radius 2 is 2.13 bits per heavy atom. The van der Waals surface area contributed by atoms with E-state index in [2.05, 4.69) is 25.3 Å². The first-order valence-corrected chi connectivity index (χ1v) is 10.6. The van der Waals surface area contributed by atoms with Gasteiger partial charge in [0, 0.05) is 30.7 Å². The molecule has 1 amide bonds. The summed E-state index contributed by atoms with van der Waals surface area (Å²) in [6, 6.07) is 13.7. The number of benzene rings is 1. The number of carbonyl (C=O) groups excluding carboxylic acids is 1. The minimum absolute atomic E-state index is 0.00509. The van der Waals surface area contributed by atoms with Gasteiger partial charge in [-0.15, -0.1) is 5.10 Å². The van der Waals surface area contributed by atoms with Gasteiger partial charge in [-0.1, -0.05) is 18.2 Å². The fraction of sp³-hybridized carbons (Fsp3) is 0.435. The molecule has 158 valence electrons. The van der Waals surface area contributed by atoms with E-state index < -0.39 is 0 Å². The number of fused-ring (bicyclic) bond motifs is 1. The van der Waals surface area contributed by atoms with Crippen LogP contribution in [0.1, 0.15) is 38.5 Å². The number of amides is 1.